The molecule has 1 spiro atoms. The van der Waals surface area contributed by atoms with E-state index in [2.05, 4.69) is 5.32 Å². The number of nitrogens with zero attached hydrogens (tertiary/aromatic N) is 2. The number of imide groups is 1. The molecule has 3 fully saturated rings. The van der Waals surface area contributed by atoms with Crippen molar-refractivity contribution in [3.8, 4) is 0 Å². The molecule has 0 aliphatic carbocycles. The topological polar surface area (TPSA) is 69.7 Å². The largest absolute Gasteiger partial charge is 0.337 e. The lowest BCUT2D eigenvalue weighted by Gasteiger charge is -2.42. The van der Waals surface area contributed by atoms with E-state index >= 15 is 0 Å². The first kappa shape index (κ1) is 22.7. The Bertz CT molecular complexity index is 1280. The van der Waals surface area contributed by atoms with Crippen molar-refractivity contribution in [2.45, 2.75) is 37.5 Å². The van der Waals surface area contributed by atoms with Gasteiger partial charge >= 0.3 is 0 Å². The van der Waals surface area contributed by atoms with Gasteiger partial charge in [-0.25, -0.2) is 0 Å². The van der Waals surface area contributed by atoms with Gasteiger partial charge in [-0.15, -0.1) is 0 Å². The zero-order valence-corrected chi connectivity index (χ0v) is 20.0. The molecule has 3 aromatic rings. The summed E-state index contributed by atoms with van der Waals surface area (Å²) in [5.74, 6) is -1.84. The Labute approximate surface area is 210 Å². The molecule has 3 aliphatic heterocycles. The Balaban J connectivity index is 1.38. The van der Waals surface area contributed by atoms with Gasteiger partial charge in [0.15, 0.2) is 0 Å². The third-order valence-electron chi connectivity index (χ3n) is 7.97. The summed E-state index contributed by atoms with van der Waals surface area (Å²) in [4.78, 5) is 45.2. The summed E-state index contributed by atoms with van der Waals surface area (Å²) in [6, 6.07) is 28.8. The van der Waals surface area contributed by atoms with Gasteiger partial charge in [0, 0.05) is 19.1 Å². The molecule has 36 heavy (non-hydrogen) atoms. The molecule has 6 rings (SSSR count). The minimum Gasteiger partial charge on any atom is -0.337 e. The lowest BCUT2D eigenvalue weighted by molar-refractivity contribution is -0.150. The maximum absolute atomic E-state index is 14.2. The van der Waals surface area contributed by atoms with E-state index in [1.807, 2.05) is 95.9 Å². The van der Waals surface area contributed by atoms with Crippen LogP contribution in [0.25, 0.3) is 0 Å². The van der Waals surface area contributed by atoms with Gasteiger partial charge in [-0.3, -0.25) is 24.6 Å². The molecule has 0 bridgehead atoms. The van der Waals surface area contributed by atoms with Crippen molar-refractivity contribution in [2.24, 2.45) is 11.8 Å². The first-order valence-corrected chi connectivity index (χ1v) is 12.6. The summed E-state index contributed by atoms with van der Waals surface area (Å²) < 4.78 is 0. The van der Waals surface area contributed by atoms with Crippen molar-refractivity contribution < 1.29 is 14.4 Å². The van der Waals surface area contributed by atoms with Crippen LogP contribution >= 0.6 is 0 Å². The minimum atomic E-state index is -1.09. The van der Waals surface area contributed by atoms with Gasteiger partial charge in [0.1, 0.15) is 5.54 Å². The Morgan fingerprint density at radius 1 is 0.750 bits per heavy atom. The first-order valence-electron chi connectivity index (χ1n) is 12.6. The average molecular weight is 480 g/mol. The molecule has 3 saturated heterocycles. The number of nitrogens with one attached hydrogen (secondary N) is 1. The molecule has 6 nitrogen and oxygen atoms in total. The fourth-order valence-corrected chi connectivity index (χ4v) is 6.35. The number of likely N-dealkylation sites (tertiary alicyclic amines) is 2. The standard InChI is InChI=1S/C30H29N3O3/c34-27-24-25(28(35)33(27)20-22-13-6-2-7-14-22)30(31-26(24)23-15-8-3-9-16-23)17-10-18-32(29(30)36)19-21-11-4-1-5-12-21/h1-9,11-16,24-26,31H,10,17-20H2/t24-,25-,26-,30-/m1/s1. The Morgan fingerprint density at radius 3 is 1.97 bits per heavy atom. The molecule has 4 atom stereocenters. The predicted octanol–water partition coefficient (Wildman–Crippen LogP) is 3.69. The van der Waals surface area contributed by atoms with E-state index in [9.17, 15) is 14.4 Å². The summed E-state index contributed by atoms with van der Waals surface area (Å²) in [6.07, 6.45) is 1.32. The Kier molecular flexibility index (Phi) is 5.69. The van der Waals surface area contributed by atoms with Crippen LogP contribution in [0.1, 0.15) is 35.6 Å². The lowest BCUT2D eigenvalue weighted by atomic mass is 9.74. The van der Waals surface area contributed by atoms with Gasteiger partial charge < -0.3 is 4.90 Å². The van der Waals surface area contributed by atoms with E-state index in [-0.39, 0.29) is 24.3 Å². The van der Waals surface area contributed by atoms with E-state index in [1.165, 1.54) is 4.90 Å². The molecule has 3 heterocycles. The minimum absolute atomic E-state index is 0.0752. The van der Waals surface area contributed by atoms with Gasteiger partial charge in [-0.05, 0) is 29.5 Å². The second kappa shape index (κ2) is 9.03. The van der Waals surface area contributed by atoms with Crippen LogP contribution in [0.5, 0.6) is 0 Å². The van der Waals surface area contributed by atoms with Gasteiger partial charge in [-0.2, -0.15) is 0 Å². The summed E-state index contributed by atoms with van der Waals surface area (Å²) in [7, 11) is 0. The second-order valence-electron chi connectivity index (χ2n) is 10.1. The van der Waals surface area contributed by atoms with Crippen molar-refractivity contribution >= 4 is 17.7 Å². The maximum atomic E-state index is 14.2. The summed E-state index contributed by atoms with van der Waals surface area (Å²) in [5, 5.41) is 3.58. The highest BCUT2D eigenvalue weighted by atomic mass is 16.2. The number of carbonyl (C=O) groups excluding carboxylic acids is 3. The number of rotatable bonds is 5. The number of carbonyl (C=O) groups is 3. The fraction of sp³-hybridized carbons (Fsp3) is 0.300. The van der Waals surface area contributed by atoms with Gasteiger partial charge in [0.25, 0.3) is 0 Å². The van der Waals surface area contributed by atoms with Crippen LogP contribution in [0.4, 0.5) is 0 Å². The molecular weight excluding hydrogens is 450 g/mol. The van der Waals surface area contributed by atoms with Crippen LogP contribution in [0, 0.1) is 11.8 Å². The first-order chi connectivity index (χ1) is 17.6. The smallest absolute Gasteiger partial charge is 0.244 e. The van der Waals surface area contributed by atoms with E-state index in [4.69, 9.17) is 0 Å². The number of amides is 3. The fourth-order valence-electron chi connectivity index (χ4n) is 6.35. The second-order valence-corrected chi connectivity index (χ2v) is 10.1. The molecule has 182 valence electrons. The molecule has 6 heteroatoms. The number of benzene rings is 3. The number of hydrogen-bond acceptors (Lipinski definition) is 4. The molecule has 3 aliphatic rings. The molecule has 3 aromatic carbocycles. The van der Waals surface area contributed by atoms with E-state index < -0.39 is 23.4 Å². The average Bonchev–Trinajstić information content (AvgIpc) is 3.38. The van der Waals surface area contributed by atoms with Crippen molar-refractivity contribution in [3.05, 3.63) is 108 Å². The van der Waals surface area contributed by atoms with Gasteiger partial charge in [0.05, 0.1) is 18.4 Å². The molecular formula is C30H29N3O3. The molecule has 0 radical (unpaired) electrons. The van der Waals surface area contributed by atoms with Crippen LogP contribution in [0.2, 0.25) is 0 Å². The van der Waals surface area contributed by atoms with Crippen LogP contribution in [-0.2, 0) is 27.5 Å². The molecule has 0 unspecified atom stereocenters. The van der Waals surface area contributed by atoms with E-state index in [0.29, 0.717) is 19.5 Å². The molecule has 0 saturated carbocycles. The van der Waals surface area contributed by atoms with Crippen LogP contribution in [0.15, 0.2) is 91.0 Å². The molecule has 3 amide bonds. The van der Waals surface area contributed by atoms with Gasteiger partial charge in [0.2, 0.25) is 17.7 Å². The molecule has 0 aromatic heterocycles. The van der Waals surface area contributed by atoms with E-state index in [0.717, 1.165) is 23.1 Å². The number of fused-ring (bicyclic) bond motifs is 2. The maximum Gasteiger partial charge on any atom is 0.244 e. The SMILES string of the molecule is O=C1[C@H]2[C@@H](c3ccccc3)N[C@]3(CCCN(Cc4ccccc4)C3=O)[C@H]2C(=O)N1Cc1ccccc1. The van der Waals surface area contributed by atoms with Crippen LogP contribution in [0.3, 0.4) is 0 Å². The van der Waals surface area contributed by atoms with Crippen molar-refractivity contribution in [1.82, 2.24) is 15.1 Å². The summed E-state index contributed by atoms with van der Waals surface area (Å²) >= 11 is 0. The molecule has 1 N–H and O–H groups in total. The van der Waals surface area contributed by atoms with Crippen molar-refractivity contribution in [2.75, 3.05) is 6.54 Å². The van der Waals surface area contributed by atoms with E-state index in [1.54, 1.807) is 0 Å². The Morgan fingerprint density at radius 2 is 1.33 bits per heavy atom. The zero-order valence-electron chi connectivity index (χ0n) is 20.0. The van der Waals surface area contributed by atoms with Crippen molar-refractivity contribution in [3.63, 3.8) is 0 Å². The quantitative estimate of drug-likeness (QED) is 0.567. The predicted molar refractivity (Wildman–Crippen MR) is 135 cm³/mol. The Hall–Kier alpha value is -3.77. The monoisotopic (exact) mass is 479 g/mol. The summed E-state index contributed by atoms with van der Waals surface area (Å²) in [5.41, 5.74) is 1.80. The number of hydrogen-bond donors (Lipinski definition) is 1. The van der Waals surface area contributed by atoms with Gasteiger partial charge in [-0.1, -0.05) is 91.0 Å². The summed E-state index contributed by atoms with van der Waals surface area (Å²) in [6.45, 7) is 1.36. The lowest BCUT2D eigenvalue weighted by Crippen LogP contribution is -2.63. The van der Waals surface area contributed by atoms with Crippen LogP contribution in [-0.4, -0.2) is 39.6 Å². The number of piperidine rings is 1. The normalized spacial score (nSPS) is 27.7. The highest BCUT2D eigenvalue weighted by Gasteiger charge is 2.68. The third kappa shape index (κ3) is 3.64. The zero-order chi connectivity index (χ0) is 24.7. The van der Waals surface area contributed by atoms with Crippen molar-refractivity contribution in [1.29, 1.82) is 0 Å². The highest BCUT2D eigenvalue weighted by Crippen LogP contribution is 2.52. The highest BCUT2D eigenvalue weighted by molar-refractivity contribution is 6.10. The third-order valence-corrected chi connectivity index (χ3v) is 7.97. The van der Waals surface area contributed by atoms with Crippen LogP contribution < -0.4 is 5.32 Å².